The molecule has 2 amide bonds. The first-order valence-corrected chi connectivity index (χ1v) is 13.9. The number of carbonyl (C=O) groups excluding carboxylic acids is 2. The van der Waals surface area contributed by atoms with Crippen LogP contribution in [0.15, 0.2) is 54.6 Å². The lowest BCUT2D eigenvalue weighted by Gasteiger charge is -2.32. The van der Waals surface area contributed by atoms with E-state index in [2.05, 4.69) is 36.5 Å². The molecule has 202 valence electrons. The maximum Gasteiger partial charge on any atom is 0.224 e. The molecule has 1 fully saturated rings. The molecule has 3 unspecified atom stereocenters. The molecule has 6 nitrogen and oxygen atoms in total. The third-order valence-electron chi connectivity index (χ3n) is 7.50. The molecule has 6 heteroatoms. The van der Waals surface area contributed by atoms with Crippen LogP contribution in [0.5, 0.6) is 0 Å². The van der Waals surface area contributed by atoms with Crippen LogP contribution in [0.1, 0.15) is 86.9 Å². The number of benzene rings is 2. The van der Waals surface area contributed by atoms with Crippen molar-refractivity contribution in [3.63, 3.8) is 0 Å². The summed E-state index contributed by atoms with van der Waals surface area (Å²) in [6.45, 7) is 3.69. The number of ether oxygens (including phenoxy) is 1. The van der Waals surface area contributed by atoms with Gasteiger partial charge in [-0.25, -0.2) is 0 Å². The summed E-state index contributed by atoms with van der Waals surface area (Å²) >= 11 is 0. The second kappa shape index (κ2) is 15.5. The van der Waals surface area contributed by atoms with E-state index < -0.39 is 6.04 Å². The van der Waals surface area contributed by atoms with Crippen molar-refractivity contribution in [3.05, 3.63) is 71.3 Å². The lowest BCUT2D eigenvalue weighted by Crippen LogP contribution is -2.39. The predicted molar refractivity (Wildman–Crippen MR) is 147 cm³/mol. The molecule has 37 heavy (non-hydrogen) atoms. The molecule has 2 aromatic carbocycles. The summed E-state index contributed by atoms with van der Waals surface area (Å²) in [5.41, 5.74) is 3.17. The van der Waals surface area contributed by atoms with Crippen LogP contribution in [0, 0.1) is 5.92 Å². The highest BCUT2D eigenvalue weighted by atomic mass is 16.5. The zero-order chi connectivity index (χ0) is 26.5. The zero-order valence-corrected chi connectivity index (χ0v) is 22.5. The van der Waals surface area contributed by atoms with Gasteiger partial charge in [0.2, 0.25) is 11.8 Å². The topological polar surface area (TPSA) is 78.9 Å². The largest absolute Gasteiger partial charge is 0.394 e. The van der Waals surface area contributed by atoms with Gasteiger partial charge in [-0.3, -0.25) is 9.59 Å². The van der Waals surface area contributed by atoms with Crippen molar-refractivity contribution >= 4 is 11.8 Å². The van der Waals surface area contributed by atoms with E-state index in [9.17, 15) is 14.7 Å². The quantitative estimate of drug-likeness (QED) is 0.337. The first-order chi connectivity index (χ1) is 18.1. The number of aliphatic hydroxyl groups excluding tert-OH is 1. The van der Waals surface area contributed by atoms with Gasteiger partial charge in [0, 0.05) is 32.5 Å². The summed E-state index contributed by atoms with van der Waals surface area (Å²) in [5.74, 6) is 0.226. The summed E-state index contributed by atoms with van der Waals surface area (Å²) in [4.78, 5) is 28.0. The second-order valence-electron chi connectivity index (χ2n) is 10.2. The van der Waals surface area contributed by atoms with Gasteiger partial charge in [0.05, 0.1) is 19.3 Å². The third kappa shape index (κ3) is 8.68. The van der Waals surface area contributed by atoms with Gasteiger partial charge >= 0.3 is 0 Å². The predicted octanol–water partition coefficient (Wildman–Crippen LogP) is 5.37. The Hall–Kier alpha value is -2.70. The molecule has 0 radical (unpaired) electrons. The van der Waals surface area contributed by atoms with Crippen LogP contribution in [0.4, 0.5) is 0 Å². The molecule has 1 saturated carbocycles. The molecule has 0 aromatic heterocycles. The number of nitrogens with zero attached hydrogens (tertiary/aromatic N) is 1. The van der Waals surface area contributed by atoms with Crippen LogP contribution < -0.4 is 5.32 Å². The Morgan fingerprint density at radius 3 is 2.46 bits per heavy atom. The van der Waals surface area contributed by atoms with E-state index in [0.29, 0.717) is 26.1 Å². The lowest BCUT2D eigenvalue weighted by atomic mass is 9.74. The maximum atomic E-state index is 13.3. The molecule has 3 atom stereocenters. The molecule has 1 aliphatic rings. The molecule has 0 bridgehead atoms. The molecule has 0 aliphatic heterocycles. The first kappa shape index (κ1) is 28.9. The van der Waals surface area contributed by atoms with Gasteiger partial charge in [0.1, 0.15) is 0 Å². The van der Waals surface area contributed by atoms with E-state index >= 15 is 0 Å². The SMILES string of the molecule is CCCCCC(=O)N(CCOC)Cc1ccc(C2CCCCC2C(=O)NC(CO)c2ccccc2)cc1. The third-order valence-corrected chi connectivity index (χ3v) is 7.50. The molecule has 0 heterocycles. The Kier molecular flexibility index (Phi) is 12.1. The van der Waals surface area contributed by atoms with Crippen LogP contribution in [0.25, 0.3) is 0 Å². The highest BCUT2D eigenvalue weighted by molar-refractivity contribution is 5.80. The normalized spacial score (nSPS) is 18.2. The van der Waals surface area contributed by atoms with Gasteiger partial charge in [0.15, 0.2) is 0 Å². The second-order valence-corrected chi connectivity index (χ2v) is 10.2. The molecule has 1 aliphatic carbocycles. The van der Waals surface area contributed by atoms with Crippen LogP contribution in [0.2, 0.25) is 0 Å². The highest BCUT2D eigenvalue weighted by Crippen LogP contribution is 2.38. The van der Waals surface area contributed by atoms with Gasteiger partial charge in [-0.15, -0.1) is 0 Å². The average Bonchev–Trinajstić information content (AvgIpc) is 2.94. The lowest BCUT2D eigenvalue weighted by molar-refractivity contribution is -0.132. The van der Waals surface area contributed by atoms with E-state index in [1.165, 1.54) is 5.56 Å². The summed E-state index contributed by atoms with van der Waals surface area (Å²) < 4.78 is 5.23. The van der Waals surface area contributed by atoms with Crippen LogP contribution in [0.3, 0.4) is 0 Å². The Morgan fingerprint density at radius 2 is 1.78 bits per heavy atom. The molecule has 2 aromatic rings. The van der Waals surface area contributed by atoms with Gasteiger partial charge in [-0.1, -0.05) is 87.2 Å². The summed E-state index contributed by atoms with van der Waals surface area (Å²) in [7, 11) is 1.66. The molecule has 0 saturated heterocycles. The Bertz CT molecular complexity index is 947. The van der Waals surface area contributed by atoms with E-state index in [1.807, 2.05) is 35.2 Å². The van der Waals surface area contributed by atoms with Crippen molar-refractivity contribution in [2.75, 3.05) is 26.9 Å². The number of rotatable bonds is 14. The van der Waals surface area contributed by atoms with Crippen LogP contribution in [-0.4, -0.2) is 48.7 Å². The number of hydrogen-bond acceptors (Lipinski definition) is 4. The Morgan fingerprint density at radius 1 is 1.05 bits per heavy atom. The number of amides is 2. The monoisotopic (exact) mass is 508 g/mol. The number of hydrogen-bond donors (Lipinski definition) is 2. The fraction of sp³-hybridized carbons (Fsp3) is 0.548. The number of carbonyl (C=O) groups is 2. The van der Waals surface area contributed by atoms with Crippen molar-refractivity contribution in [2.45, 2.75) is 76.8 Å². The number of unbranched alkanes of at least 4 members (excludes halogenated alkanes) is 2. The number of aliphatic hydroxyl groups is 1. The summed E-state index contributed by atoms with van der Waals surface area (Å²) in [6.07, 6.45) is 7.63. The van der Waals surface area contributed by atoms with Crippen molar-refractivity contribution < 1.29 is 19.4 Å². The number of methoxy groups -OCH3 is 1. The van der Waals surface area contributed by atoms with Crippen molar-refractivity contribution in [1.82, 2.24) is 10.2 Å². The molecular formula is C31H44N2O4. The maximum absolute atomic E-state index is 13.3. The molecule has 0 spiro atoms. The standard InChI is InChI=1S/C31H44N2O4/c1-3-4-6-15-30(35)33(20-21-37-2)22-24-16-18-25(19-17-24)27-13-9-10-14-28(27)31(36)32-29(23-34)26-11-7-5-8-12-26/h5,7-8,11-12,16-19,27-29,34H,3-4,6,9-10,13-15,20-23H2,1-2H3,(H,32,36). The minimum atomic E-state index is -0.397. The summed E-state index contributed by atoms with van der Waals surface area (Å²) in [5, 5.41) is 13.0. The smallest absolute Gasteiger partial charge is 0.224 e. The minimum Gasteiger partial charge on any atom is -0.394 e. The van der Waals surface area contributed by atoms with E-state index in [1.54, 1.807) is 7.11 Å². The number of nitrogens with one attached hydrogen (secondary N) is 1. The van der Waals surface area contributed by atoms with Crippen molar-refractivity contribution in [3.8, 4) is 0 Å². The molecule has 2 N–H and O–H groups in total. The van der Waals surface area contributed by atoms with Crippen molar-refractivity contribution in [1.29, 1.82) is 0 Å². The zero-order valence-electron chi connectivity index (χ0n) is 22.5. The van der Waals surface area contributed by atoms with Gasteiger partial charge in [0.25, 0.3) is 0 Å². The van der Waals surface area contributed by atoms with E-state index in [-0.39, 0.29) is 30.3 Å². The summed E-state index contributed by atoms with van der Waals surface area (Å²) in [6, 6.07) is 17.7. The highest BCUT2D eigenvalue weighted by Gasteiger charge is 2.33. The van der Waals surface area contributed by atoms with Gasteiger partial charge < -0.3 is 20.1 Å². The molecular weight excluding hydrogens is 464 g/mol. The van der Waals surface area contributed by atoms with E-state index in [0.717, 1.165) is 56.1 Å². The van der Waals surface area contributed by atoms with Crippen LogP contribution in [-0.2, 0) is 20.9 Å². The fourth-order valence-corrected chi connectivity index (χ4v) is 5.31. The van der Waals surface area contributed by atoms with Crippen molar-refractivity contribution in [2.24, 2.45) is 5.92 Å². The van der Waals surface area contributed by atoms with Gasteiger partial charge in [-0.2, -0.15) is 0 Å². The fourth-order valence-electron chi connectivity index (χ4n) is 5.31. The Balaban J connectivity index is 1.67. The van der Waals surface area contributed by atoms with Gasteiger partial charge in [-0.05, 0) is 41.9 Å². The first-order valence-electron chi connectivity index (χ1n) is 13.9. The average molecular weight is 509 g/mol. The minimum absolute atomic E-state index is 0.0140. The Labute approximate surface area is 222 Å². The van der Waals surface area contributed by atoms with Crippen LogP contribution >= 0.6 is 0 Å². The van der Waals surface area contributed by atoms with E-state index in [4.69, 9.17) is 4.74 Å². The molecule has 3 rings (SSSR count).